The minimum absolute atomic E-state index is 0. The van der Waals surface area contributed by atoms with Crippen LogP contribution in [0.5, 0.6) is 0 Å². The zero-order chi connectivity index (χ0) is 32.4. The molecule has 3 aromatic carbocycles. The Bertz CT molecular complexity index is 1600. The second kappa shape index (κ2) is 17.4. The molecule has 1 aliphatic carbocycles. The van der Waals surface area contributed by atoms with Crippen molar-refractivity contribution in [1.29, 1.82) is 0 Å². The van der Waals surface area contributed by atoms with Gasteiger partial charge in [0.15, 0.2) is 0 Å². The fourth-order valence-corrected chi connectivity index (χ4v) is 7.38. The second-order valence-corrected chi connectivity index (χ2v) is 13.4. The molecular weight excluding hydrogens is 775 g/mol. The Hall–Kier alpha value is -4.24. The summed E-state index contributed by atoms with van der Waals surface area (Å²) in [5, 5.41) is 0. The summed E-state index contributed by atoms with van der Waals surface area (Å²) >= 11 is 0. The van der Waals surface area contributed by atoms with Crippen LogP contribution in [0.25, 0.3) is 33.8 Å². The van der Waals surface area contributed by atoms with Crippen LogP contribution in [-0.4, -0.2) is 15.0 Å². The molecule has 6 aromatic rings. The molecule has 1 fully saturated rings. The van der Waals surface area contributed by atoms with Gasteiger partial charge in [-0.05, 0) is 109 Å². The Morgan fingerprint density at radius 3 is 1.00 bits per heavy atom. The topological polar surface area (TPSA) is 38.7 Å². The standard InChI is InChI=1S/C45H42N3.Ir/c1-4-10-40(11-5-1)43-25-22-34(31-46-43)16-19-37-28-38(20-17-35-23-26-44(47-32-35)41-12-6-2-7-13-41)30-39(29-37)21-18-36-24-27-45(48-33-36)42-14-8-3-9-15-42;/h1-10,12,14,22-27,31-33,37-39H,16-21,28-30H2;/q-3;+3. The van der Waals surface area contributed by atoms with Crippen LogP contribution in [0.3, 0.4) is 0 Å². The molecule has 0 amide bonds. The van der Waals surface area contributed by atoms with Crippen LogP contribution < -0.4 is 0 Å². The van der Waals surface area contributed by atoms with Gasteiger partial charge in [-0.1, -0.05) is 36.4 Å². The number of hydrogen-bond donors (Lipinski definition) is 0. The van der Waals surface area contributed by atoms with E-state index >= 15 is 0 Å². The predicted molar refractivity (Wildman–Crippen MR) is 195 cm³/mol. The summed E-state index contributed by atoms with van der Waals surface area (Å²) in [6.07, 6.45) is 17.1. The Kier molecular flexibility index (Phi) is 12.3. The van der Waals surface area contributed by atoms with E-state index in [1.807, 2.05) is 54.6 Å². The number of rotatable bonds is 12. The maximum atomic E-state index is 4.77. The first kappa shape index (κ1) is 34.6. The molecule has 0 atom stereocenters. The van der Waals surface area contributed by atoms with E-state index in [9.17, 15) is 0 Å². The van der Waals surface area contributed by atoms with Crippen molar-refractivity contribution in [3.8, 4) is 33.8 Å². The molecule has 3 nitrogen and oxygen atoms in total. The van der Waals surface area contributed by atoms with Gasteiger partial charge in [0.1, 0.15) is 0 Å². The molecule has 0 N–H and O–H groups in total. The van der Waals surface area contributed by atoms with E-state index in [0.717, 1.165) is 70.8 Å². The maximum absolute atomic E-state index is 4.77. The second-order valence-electron chi connectivity index (χ2n) is 13.4. The van der Waals surface area contributed by atoms with Crippen LogP contribution in [-0.2, 0) is 39.4 Å². The number of benzene rings is 3. The first-order chi connectivity index (χ1) is 23.7. The number of nitrogens with zero attached hydrogens (tertiary/aromatic N) is 3. The van der Waals surface area contributed by atoms with Gasteiger partial charge in [0, 0.05) is 18.6 Å². The maximum Gasteiger partial charge on any atom is 3.00 e. The molecule has 4 heteroatoms. The molecule has 3 aromatic heterocycles. The smallest absolute Gasteiger partial charge is 0.304 e. The SMILES string of the molecule is [Ir+3].[c-]1ccccc1-c1ccc(CCC2CC(CCc3ccc(-c4[c-]cccc4)nc3)CC(CCc3ccc(-c4[c-]cccc4)nc3)C2)cn1. The van der Waals surface area contributed by atoms with E-state index in [1.54, 1.807) is 0 Å². The van der Waals surface area contributed by atoms with Crippen molar-refractivity contribution in [2.24, 2.45) is 17.8 Å². The molecule has 49 heavy (non-hydrogen) atoms. The zero-order valence-corrected chi connectivity index (χ0v) is 30.3. The first-order valence-corrected chi connectivity index (χ1v) is 17.5. The third-order valence-corrected chi connectivity index (χ3v) is 9.95. The molecule has 246 valence electrons. The molecule has 0 bridgehead atoms. The average Bonchev–Trinajstić information content (AvgIpc) is 3.17. The Labute approximate surface area is 305 Å². The molecule has 3 heterocycles. The Morgan fingerprint density at radius 1 is 0.429 bits per heavy atom. The van der Waals surface area contributed by atoms with Gasteiger partial charge < -0.3 is 15.0 Å². The van der Waals surface area contributed by atoms with Gasteiger partial charge in [-0.15, -0.1) is 108 Å². The Balaban J connectivity index is 0.00000417. The molecular formula is C45H42IrN3. The minimum atomic E-state index is 0. The summed E-state index contributed by atoms with van der Waals surface area (Å²) in [6.45, 7) is 0. The number of hydrogen-bond acceptors (Lipinski definition) is 3. The largest absolute Gasteiger partial charge is 3.00 e. The molecule has 0 radical (unpaired) electrons. The fourth-order valence-electron chi connectivity index (χ4n) is 7.38. The zero-order valence-electron chi connectivity index (χ0n) is 27.9. The van der Waals surface area contributed by atoms with Crippen molar-refractivity contribution >= 4 is 0 Å². The van der Waals surface area contributed by atoms with Gasteiger partial charge >= 0.3 is 20.1 Å². The summed E-state index contributed by atoms with van der Waals surface area (Å²) in [5.41, 5.74) is 10.1. The molecule has 0 unspecified atom stereocenters. The van der Waals surface area contributed by atoms with Gasteiger partial charge in [0.05, 0.1) is 0 Å². The number of aryl methyl sites for hydroxylation is 3. The number of aromatic nitrogens is 3. The first-order valence-electron chi connectivity index (χ1n) is 17.5. The summed E-state index contributed by atoms with van der Waals surface area (Å²) < 4.78 is 0. The normalized spacial score (nSPS) is 17.3. The summed E-state index contributed by atoms with van der Waals surface area (Å²) in [7, 11) is 0. The van der Waals surface area contributed by atoms with Crippen LogP contribution in [0.1, 0.15) is 55.2 Å². The fraction of sp³-hybridized carbons (Fsp3) is 0.267. The number of pyridine rings is 3. The van der Waals surface area contributed by atoms with Crippen LogP contribution in [0.4, 0.5) is 0 Å². The van der Waals surface area contributed by atoms with Crippen LogP contribution >= 0.6 is 0 Å². The molecule has 0 spiro atoms. The molecule has 1 aliphatic rings. The van der Waals surface area contributed by atoms with E-state index in [0.29, 0.717) is 0 Å². The van der Waals surface area contributed by atoms with Gasteiger partial charge in [-0.2, -0.15) is 0 Å². The van der Waals surface area contributed by atoms with E-state index in [-0.39, 0.29) is 20.1 Å². The van der Waals surface area contributed by atoms with E-state index in [4.69, 9.17) is 15.0 Å². The molecule has 0 aliphatic heterocycles. The van der Waals surface area contributed by atoms with Crippen LogP contribution in [0, 0.1) is 36.0 Å². The van der Waals surface area contributed by atoms with Crippen molar-refractivity contribution in [3.63, 3.8) is 0 Å². The van der Waals surface area contributed by atoms with Crippen molar-refractivity contribution in [1.82, 2.24) is 15.0 Å². The predicted octanol–water partition coefficient (Wildman–Crippen LogP) is 10.5. The van der Waals surface area contributed by atoms with Crippen molar-refractivity contribution < 1.29 is 20.1 Å². The van der Waals surface area contributed by atoms with Gasteiger partial charge in [-0.25, -0.2) is 0 Å². The van der Waals surface area contributed by atoms with Crippen molar-refractivity contribution in [2.75, 3.05) is 0 Å². The Morgan fingerprint density at radius 2 is 0.755 bits per heavy atom. The third kappa shape index (κ3) is 9.69. The van der Waals surface area contributed by atoms with E-state index in [1.165, 1.54) is 55.2 Å². The van der Waals surface area contributed by atoms with Gasteiger partial charge in [0.2, 0.25) is 0 Å². The summed E-state index contributed by atoms with van der Waals surface area (Å²) in [6, 6.07) is 47.3. The minimum Gasteiger partial charge on any atom is -0.304 e. The van der Waals surface area contributed by atoms with E-state index < -0.39 is 0 Å². The molecule has 0 saturated heterocycles. The summed E-state index contributed by atoms with van der Waals surface area (Å²) in [4.78, 5) is 14.3. The van der Waals surface area contributed by atoms with Gasteiger partial charge in [-0.3, -0.25) is 0 Å². The molecule has 1 saturated carbocycles. The van der Waals surface area contributed by atoms with Gasteiger partial charge in [0.25, 0.3) is 0 Å². The summed E-state index contributed by atoms with van der Waals surface area (Å²) in [5.74, 6) is 2.21. The van der Waals surface area contributed by atoms with Crippen molar-refractivity contribution in [2.45, 2.75) is 57.8 Å². The average molecular weight is 817 g/mol. The van der Waals surface area contributed by atoms with E-state index in [2.05, 4.69) is 91.4 Å². The van der Waals surface area contributed by atoms with Crippen LogP contribution in [0.2, 0.25) is 0 Å². The monoisotopic (exact) mass is 817 g/mol. The third-order valence-electron chi connectivity index (χ3n) is 9.95. The van der Waals surface area contributed by atoms with Crippen molar-refractivity contribution in [3.05, 3.63) is 163 Å². The van der Waals surface area contributed by atoms with Crippen LogP contribution in [0.15, 0.2) is 128 Å². The molecule has 7 rings (SSSR count). The quantitative estimate of drug-likeness (QED) is 0.116.